The largest absolute Gasteiger partial charge is 0.462 e. The molecule has 1 heterocycles. The first-order valence-corrected chi connectivity index (χ1v) is 7.25. The van der Waals surface area contributed by atoms with Gasteiger partial charge in [0.15, 0.2) is 0 Å². The van der Waals surface area contributed by atoms with E-state index in [2.05, 4.69) is 25.9 Å². The second-order valence-corrected chi connectivity index (χ2v) is 5.94. The second-order valence-electron chi connectivity index (χ2n) is 5.94. The van der Waals surface area contributed by atoms with Crippen LogP contribution in [0, 0.1) is 11.8 Å². The van der Waals surface area contributed by atoms with Gasteiger partial charge in [-0.15, -0.1) is 0 Å². The second kappa shape index (κ2) is 5.76. The van der Waals surface area contributed by atoms with Crippen LogP contribution in [0.25, 0.3) is 0 Å². The number of esters is 1. The number of hydrogen-bond donors (Lipinski definition) is 0. The van der Waals surface area contributed by atoms with Crippen molar-refractivity contribution >= 4 is 5.97 Å². The third-order valence-corrected chi connectivity index (χ3v) is 3.83. The van der Waals surface area contributed by atoms with Gasteiger partial charge in [0, 0.05) is 6.54 Å². The van der Waals surface area contributed by atoms with Gasteiger partial charge < -0.3 is 4.74 Å². The molecule has 4 nitrogen and oxygen atoms in total. The highest BCUT2D eigenvalue weighted by atomic mass is 16.5. The van der Waals surface area contributed by atoms with E-state index in [1.54, 1.807) is 6.20 Å². The van der Waals surface area contributed by atoms with Gasteiger partial charge >= 0.3 is 5.97 Å². The smallest absolute Gasteiger partial charge is 0.341 e. The lowest BCUT2D eigenvalue weighted by atomic mass is 9.76. The van der Waals surface area contributed by atoms with E-state index in [4.69, 9.17) is 4.74 Å². The maximum atomic E-state index is 11.9. The lowest BCUT2D eigenvalue weighted by molar-refractivity contribution is 0.0524. The van der Waals surface area contributed by atoms with Crippen LogP contribution in [-0.2, 0) is 11.3 Å². The van der Waals surface area contributed by atoms with Crippen molar-refractivity contribution in [3.05, 3.63) is 17.5 Å². The van der Waals surface area contributed by atoms with Gasteiger partial charge in [-0.25, -0.2) is 4.79 Å². The Morgan fingerprint density at radius 2 is 2.21 bits per heavy atom. The molecule has 106 valence electrons. The lowest BCUT2D eigenvalue weighted by Crippen LogP contribution is -2.27. The van der Waals surface area contributed by atoms with Crippen LogP contribution in [0.3, 0.4) is 0 Å². The van der Waals surface area contributed by atoms with E-state index in [-0.39, 0.29) is 11.9 Å². The van der Waals surface area contributed by atoms with Crippen molar-refractivity contribution < 1.29 is 9.53 Å². The molecular weight excluding hydrogens is 240 g/mol. The maximum absolute atomic E-state index is 11.9. The summed E-state index contributed by atoms with van der Waals surface area (Å²) < 4.78 is 7.11. The Morgan fingerprint density at radius 1 is 1.53 bits per heavy atom. The number of carbonyl (C=O) groups is 1. The molecule has 0 saturated heterocycles. The topological polar surface area (TPSA) is 44.1 Å². The minimum Gasteiger partial charge on any atom is -0.462 e. The normalized spacial score (nSPS) is 22.4. The monoisotopic (exact) mass is 264 g/mol. The standard InChI is InChI=1S/C15H24N2O2/c1-5-19-15(18)13-8-16-17(14(13)10(2)3)9-12-6-11(4)7-12/h8,10-12H,5-7,9H2,1-4H3. The van der Waals surface area contributed by atoms with Gasteiger partial charge in [-0.05, 0) is 37.5 Å². The molecule has 0 unspecified atom stereocenters. The average Bonchev–Trinajstić information content (AvgIpc) is 2.71. The van der Waals surface area contributed by atoms with E-state index >= 15 is 0 Å². The lowest BCUT2D eigenvalue weighted by Gasteiger charge is -2.33. The van der Waals surface area contributed by atoms with Crippen LogP contribution >= 0.6 is 0 Å². The summed E-state index contributed by atoms with van der Waals surface area (Å²) >= 11 is 0. The molecule has 1 fully saturated rings. The van der Waals surface area contributed by atoms with E-state index < -0.39 is 0 Å². The molecule has 0 atom stereocenters. The zero-order chi connectivity index (χ0) is 14.0. The fourth-order valence-corrected chi connectivity index (χ4v) is 2.98. The fourth-order valence-electron chi connectivity index (χ4n) is 2.98. The van der Waals surface area contributed by atoms with E-state index in [0.29, 0.717) is 18.1 Å². The number of carbonyl (C=O) groups excluding carboxylic acids is 1. The van der Waals surface area contributed by atoms with Crippen molar-refractivity contribution in [2.24, 2.45) is 11.8 Å². The van der Waals surface area contributed by atoms with Gasteiger partial charge in [0.25, 0.3) is 0 Å². The number of ether oxygens (including phenoxy) is 1. The molecule has 1 aromatic rings. The molecule has 0 aliphatic heterocycles. The van der Waals surface area contributed by atoms with Crippen molar-refractivity contribution in [1.82, 2.24) is 9.78 Å². The molecule has 0 spiro atoms. The number of nitrogens with zero attached hydrogens (tertiary/aromatic N) is 2. The van der Waals surface area contributed by atoms with E-state index in [0.717, 1.165) is 18.2 Å². The molecule has 0 radical (unpaired) electrons. The Bertz CT molecular complexity index is 445. The summed E-state index contributed by atoms with van der Waals surface area (Å²) in [6, 6.07) is 0. The van der Waals surface area contributed by atoms with Gasteiger partial charge in [0.1, 0.15) is 5.56 Å². The minimum atomic E-state index is -0.251. The highest BCUT2D eigenvalue weighted by Crippen LogP contribution is 2.35. The molecule has 4 heteroatoms. The average molecular weight is 264 g/mol. The predicted molar refractivity (Wildman–Crippen MR) is 74.2 cm³/mol. The molecule has 1 aromatic heterocycles. The van der Waals surface area contributed by atoms with Gasteiger partial charge in [-0.1, -0.05) is 20.8 Å². The summed E-state index contributed by atoms with van der Waals surface area (Å²) in [4.78, 5) is 11.9. The third kappa shape index (κ3) is 2.99. The fraction of sp³-hybridized carbons (Fsp3) is 0.733. The van der Waals surface area contributed by atoms with Crippen molar-refractivity contribution in [2.75, 3.05) is 6.61 Å². The molecule has 1 aliphatic carbocycles. The quantitative estimate of drug-likeness (QED) is 0.767. The first-order chi connectivity index (χ1) is 9.02. The Balaban J connectivity index is 2.17. The van der Waals surface area contributed by atoms with E-state index in [9.17, 15) is 4.79 Å². The van der Waals surface area contributed by atoms with Crippen LogP contribution in [0.4, 0.5) is 0 Å². The molecular formula is C15H24N2O2. The van der Waals surface area contributed by atoms with Gasteiger partial charge in [0.2, 0.25) is 0 Å². The highest BCUT2D eigenvalue weighted by molar-refractivity contribution is 5.90. The zero-order valence-electron chi connectivity index (χ0n) is 12.3. The number of rotatable bonds is 5. The van der Waals surface area contributed by atoms with E-state index in [1.165, 1.54) is 12.8 Å². The SMILES string of the molecule is CCOC(=O)c1cnn(CC2CC(C)C2)c1C(C)C. The van der Waals surface area contributed by atoms with Crippen LogP contribution in [0.1, 0.15) is 62.5 Å². The first-order valence-electron chi connectivity index (χ1n) is 7.25. The molecule has 1 saturated carbocycles. The van der Waals surface area contributed by atoms with Crippen LogP contribution in [0.15, 0.2) is 6.20 Å². The van der Waals surface area contributed by atoms with Gasteiger partial charge in [0.05, 0.1) is 18.5 Å². The summed E-state index contributed by atoms with van der Waals surface area (Å²) in [7, 11) is 0. The molecule has 0 amide bonds. The molecule has 1 aliphatic rings. The predicted octanol–water partition coefficient (Wildman–Crippen LogP) is 3.23. The number of hydrogen-bond acceptors (Lipinski definition) is 3. The Morgan fingerprint density at radius 3 is 2.74 bits per heavy atom. The third-order valence-electron chi connectivity index (χ3n) is 3.83. The Hall–Kier alpha value is -1.32. The molecule has 0 aromatic carbocycles. The molecule has 0 bridgehead atoms. The highest BCUT2D eigenvalue weighted by Gasteiger charge is 2.28. The molecule has 2 rings (SSSR count). The van der Waals surface area contributed by atoms with Crippen molar-refractivity contribution in [1.29, 1.82) is 0 Å². The number of aromatic nitrogens is 2. The van der Waals surface area contributed by atoms with Crippen LogP contribution in [-0.4, -0.2) is 22.4 Å². The van der Waals surface area contributed by atoms with Crippen molar-refractivity contribution in [3.8, 4) is 0 Å². The molecule has 19 heavy (non-hydrogen) atoms. The molecule has 0 N–H and O–H groups in total. The van der Waals surface area contributed by atoms with E-state index in [1.807, 2.05) is 11.6 Å². The summed E-state index contributed by atoms with van der Waals surface area (Å²) in [5, 5.41) is 4.40. The van der Waals surface area contributed by atoms with Crippen molar-refractivity contribution in [3.63, 3.8) is 0 Å². The Kier molecular flexibility index (Phi) is 4.27. The first kappa shape index (κ1) is 14.1. The Labute approximate surface area is 115 Å². The summed E-state index contributed by atoms with van der Waals surface area (Å²) in [6.07, 6.45) is 4.20. The zero-order valence-corrected chi connectivity index (χ0v) is 12.3. The van der Waals surface area contributed by atoms with Crippen LogP contribution in [0.5, 0.6) is 0 Å². The van der Waals surface area contributed by atoms with Crippen LogP contribution in [0.2, 0.25) is 0 Å². The minimum absolute atomic E-state index is 0.251. The summed E-state index contributed by atoms with van der Waals surface area (Å²) in [5.74, 6) is 1.58. The summed E-state index contributed by atoms with van der Waals surface area (Å²) in [6.45, 7) is 9.64. The van der Waals surface area contributed by atoms with Gasteiger partial charge in [-0.3, -0.25) is 4.68 Å². The summed E-state index contributed by atoms with van der Waals surface area (Å²) in [5.41, 5.74) is 1.64. The van der Waals surface area contributed by atoms with Crippen LogP contribution < -0.4 is 0 Å². The van der Waals surface area contributed by atoms with Gasteiger partial charge in [-0.2, -0.15) is 5.10 Å². The van der Waals surface area contributed by atoms with Crippen molar-refractivity contribution in [2.45, 2.75) is 53.0 Å². The maximum Gasteiger partial charge on any atom is 0.341 e.